The second-order valence-corrected chi connectivity index (χ2v) is 6.99. The fourth-order valence-electron chi connectivity index (χ4n) is 3.15. The van der Waals surface area contributed by atoms with Crippen molar-refractivity contribution in [2.45, 2.75) is 83.3 Å². The molecule has 0 aromatic rings. The zero-order chi connectivity index (χ0) is 13.2. The lowest BCUT2D eigenvalue weighted by Crippen LogP contribution is -2.51. The van der Waals surface area contributed by atoms with Crippen LogP contribution in [0.15, 0.2) is 0 Å². The van der Waals surface area contributed by atoms with E-state index >= 15 is 0 Å². The first-order chi connectivity index (χ1) is 8.41. The molecule has 2 rings (SSSR count). The van der Waals surface area contributed by atoms with Crippen LogP contribution >= 0.6 is 0 Å². The molecule has 0 aromatic heterocycles. The monoisotopic (exact) mass is 253 g/mol. The van der Waals surface area contributed by atoms with Gasteiger partial charge < -0.3 is 10.5 Å². The average molecular weight is 253 g/mol. The van der Waals surface area contributed by atoms with E-state index in [1.54, 1.807) is 0 Å². The molecule has 0 aliphatic heterocycles. The molecule has 0 unspecified atom stereocenters. The van der Waals surface area contributed by atoms with E-state index in [2.05, 4.69) is 13.8 Å². The number of hydrogen-bond acceptors (Lipinski definition) is 3. The predicted octanol–water partition coefficient (Wildman–Crippen LogP) is 3.16. The summed E-state index contributed by atoms with van der Waals surface area (Å²) in [6, 6.07) is 0. The molecule has 0 bridgehead atoms. The van der Waals surface area contributed by atoms with Gasteiger partial charge in [0.25, 0.3) is 0 Å². The van der Waals surface area contributed by atoms with Crippen molar-refractivity contribution in [3.8, 4) is 0 Å². The Balaban J connectivity index is 1.84. The van der Waals surface area contributed by atoms with E-state index in [-0.39, 0.29) is 12.1 Å². The van der Waals surface area contributed by atoms with Crippen molar-refractivity contribution in [1.29, 1.82) is 0 Å². The van der Waals surface area contributed by atoms with Crippen molar-refractivity contribution in [1.82, 2.24) is 0 Å². The van der Waals surface area contributed by atoms with Crippen molar-refractivity contribution in [2.24, 2.45) is 11.1 Å². The lowest BCUT2D eigenvalue weighted by molar-refractivity contribution is -0.159. The number of rotatable bonds is 2. The Labute approximate surface area is 110 Å². The largest absolute Gasteiger partial charge is 0.461 e. The first-order valence-electron chi connectivity index (χ1n) is 7.41. The first-order valence-corrected chi connectivity index (χ1v) is 7.41. The third kappa shape index (κ3) is 3.25. The Morgan fingerprint density at radius 3 is 2.17 bits per heavy atom. The van der Waals surface area contributed by atoms with Gasteiger partial charge in [-0.1, -0.05) is 33.1 Å². The topological polar surface area (TPSA) is 52.3 Å². The maximum Gasteiger partial charge on any atom is 0.326 e. The highest BCUT2D eigenvalue weighted by molar-refractivity contribution is 5.80. The van der Waals surface area contributed by atoms with Crippen LogP contribution in [0.1, 0.15) is 71.6 Å². The molecule has 2 N–H and O–H groups in total. The maximum atomic E-state index is 12.2. The van der Waals surface area contributed by atoms with Gasteiger partial charge in [-0.25, -0.2) is 0 Å². The Morgan fingerprint density at radius 2 is 1.61 bits per heavy atom. The summed E-state index contributed by atoms with van der Waals surface area (Å²) in [5, 5.41) is 0. The molecule has 0 spiro atoms. The van der Waals surface area contributed by atoms with E-state index in [1.807, 2.05) is 0 Å². The van der Waals surface area contributed by atoms with Gasteiger partial charge >= 0.3 is 5.97 Å². The van der Waals surface area contributed by atoms with Gasteiger partial charge in [-0.05, 0) is 43.9 Å². The van der Waals surface area contributed by atoms with Crippen LogP contribution in [0.5, 0.6) is 0 Å². The Kier molecular flexibility index (Phi) is 4.00. The van der Waals surface area contributed by atoms with Crippen LogP contribution in [0.25, 0.3) is 0 Å². The van der Waals surface area contributed by atoms with Crippen molar-refractivity contribution >= 4 is 5.97 Å². The first kappa shape index (κ1) is 13.9. The zero-order valence-corrected chi connectivity index (χ0v) is 11.8. The molecule has 18 heavy (non-hydrogen) atoms. The number of ether oxygens (including phenoxy) is 1. The van der Waals surface area contributed by atoms with Gasteiger partial charge in [-0.2, -0.15) is 0 Å². The molecular formula is C15H27NO2. The molecule has 3 heteroatoms. The highest BCUT2D eigenvalue weighted by Crippen LogP contribution is 2.37. The van der Waals surface area contributed by atoms with Crippen molar-refractivity contribution in [2.75, 3.05) is 0 Å². The van der Waals surface area contributed by atoms with E-state index < -0.39 is 5.54 Å². The normalized spacial score (nSPS) is 27.7. The molecule has 104 valence electrons. The molecule has 2 aliphatic carbocycles. The predicted molar refractivity (Wildman–Crippen MR) is 72.1 cm³/mol. The molecule has 0 aromatic carbocycles. The summed E-state index contributed by atoms with van der Waals surface area (Å²) in [6.07, 6.45) is 9.28. The molecule has 0 atom stereocenters. The zero-order valence-electron chi connectivity index (χ0n) is 11.8. The van der Waals surface area contributed by atoms with Crippen LogP contribution in [0.4, 0.5) is 0 Å². The average Bonchev–Trinajstić information content (AvgIpc) is 2.33. The van der Waals surface area contributed by atoms with Gasteiger partial charge in [-0.15, -0.1) is 0 Å². The van der Waals surface area contributed by atoms with Crippen LogP contribution in [0.3, 0.4) is 0 Å². The summed E-state index contributed by atoms with van der Waals surface area (Å²) in [4.78, 5) is 12.2. The van der Waals surface area contributed by atoms with Crippen LogP contribution in [0.2, 0.25) is 0 Å². The minimum Gasteiger partial charge on any atom is -0.461 e. The molecule has 0 radical (unpaired) electrons. The summed E-state index contributed by atoms with van der Waals surface area (Å²) in [5.74, 6) is -0.146. The van der Waals surface area contributed by atoms with Gasteiger partial charge in [0, 0.05) is 0 Å². The minimum atomic E-state index is -0.689. The van der Waals surface area contributed by atoms with Gasteiger partial charge in [0.1, 0.15) is 11.6 Å². The number of nitrogens with two attached hydrogens (primary N) is 1. The van der Waals surface area contributed by atoms with Gasteiger partial charge in [0.15, 0.2) is 0 Å². The second-order valence-electron chi connectivity index (χ2n) is 6.99. The highest BCUT2D eigenvalue weighted by Gasteiger charge is 2.39. The highest BCUT2D eigenvalue weighted by atomic mass is 16.5. The third-order valence-corrected chi connectivity index (χ3v) is 4.71. The standard InChI is InChI=1S/C15H27NO2/c1-14(2)10-6-12(7-11-14)18-13(17)15(16)8-4-3-5-9-15/h12H,3-11,16H2,1-2H3. The molecule has 2 saturated carbocycles. The van der Waals surface area contributed by atoms with Crippen molar-refractivity contribution in [3.63, 3.8) is 0 Å². The summed E-state index contributed by atoms with van der Waals surface area (Å²) >= 11 is 0. The van der Waals surface area contributed by atoms with E-state index in [9.17, 15) is 4.79 Å². The lowest BCUT2D eigenvalue weighted by Gasteiger charge is -2.37. The SMILES string of the molecule is CC1(C)CCC(OC(=O)C2(N)CCCCC2)CC1. The second kappa shape index (κ2) is 5.20. The summed E-state index contributed by atoms with van der Waals surface area (Å²) in [7, 11) is 0. The van der Waals surface area contributed by atoms with Crippen LogP contribution in [0, 0.1) is 5.41 Å². The molecule has 3 nitrogen and oxygen atoms in total. The third-order valence-electron chi connectivity index (χ3n) is 4.71. The fraction of sp³-hybridized carbons (Fsp3) is 0.933. The maximum absolute atomic E-state index is 12.2. The Morgan fingerprint density at radius 1 is 1.06 bits per heavy atom. The molecular weight excluding hydrogens is 226 g/mol. The van der Waals surface area contributed by atoms with Crippen LogP contribution in [-0.2, 0) is 9.53 Å². The molecule has 2 fully saturated rings. The molecule has 0 heterocycles. The summed E-state index contributed by atoms with van der Waals surface area (Å²) in [5.41, 5.74) is 5.92. The Bertz CT molecular complexity index is 296. The minimum absolute atomic E-state index is 0.105. The number of hydrogen-bond donors (Lipinski definition) is 1. The van der Waals surface area contributed by atoms with Crippen molar-refractivity contribution < 1.29 is 9.53 Å². The van der Waals surface area contributed by atoms with Crippen LogP contribution in [-0.4, -0.2) is 17.6 Å². The Hall–Kier alpha value is -0.570. The molecule has 0 amide bonds. The smallest absolute Gasteiger partial charge is 0.326 e. The van der Waals surface area contributed by atoms with E-state index in [0.717, 1.165) is 51.4 Å². The quantitative estimate of drug-likeness (QED) is 0.769. The number of carbonyl (C=O) groups is 1. The molecule has 0 saturated heterocycles. The summed E-state index contributed by atoms with van der Waals surface area (Å²) < 4.78 is 5.66. The van der Waals surface area contributed by atoms with Gasteiger partial charge in [0.2, 0.25) is 0 Å². The summed E-state index contributed by atoms with van der Waals surface area (Å²) in [6.45, 7) is 4.58. The van der Waals surface area contributed by atoms with E-state index in [0.29, 0.717) is 5.41 Å². The van der Waals surface area contributed by atoms with Gasteiger partial charge in [0.05, 0.1) is 0 Å². The van der Waals surface area contributed by atoms with Gasteiger partial charge in [-0.3, -0.25) is 4.79 Å². The fourth-order valence-corrected chi connectivity index (χ4v) is 3.15. The van der Waals surface area contributed by atoms with E-state index in [1.165, 1.54) is 6.42 Å². The van der Waals surface area contributed by atoms with Crippen molar-refractivity contribution in [3.05, 3.63) is 0 Å². The number of esters is 1. The van der Waals surface area contributed by atoms with E-state index in [4.69, 9.17) is 10.5 Å². The molecule has 2 aliphatic rings. The lowest BCUT2D eigenvalue weighted by atomic mass is 9.76. The number of carbonyl (C=O) groups excluding carboxylic acids is 1. The van der Waals surface area contributed by atoms with Crippen LogP contribution < -0.4 is 5.73 Å².